The molecule has 1 fully saturated rings. The van der Waals surface area contributed by atoms with E-state index in [4.69, 9.17) is 49.9 Å². The predicted molar refractivity (Wildman–Crippen MR) is 154 cm³/mol. The van der Waals surface area contributed by atoms with Crippen molar-refractivity contribution in [1.82, 2.24) is 5.32 Å². The number of aliphatic carboxylic acids is 1. The standard InChI is InChI=1S/C29H36ClNO14/c1-39-20-10-21(19(30)9-18(20)28(38)45-27-26(37)25(36)22(12-32)44-29(27)40-2)43-13-17-5-3-4-16(8-17)11-31-23(33)14-41-6-7-42-15-24(34)35/h3-5,8-10,22,25-27,29,32,36-37H,6-7,11-15H2,1-2H3,(H,31,33)(H,34,35)/t22-,25-,26+,27-,29+/m1/s1. The summed E-state index contributed by atoms with van der Waals surface area (Å²) in [6.07, 6.45) is -6.96. The van der Waals surface area contributed by atoms with Gasteiger partial charge in [-0.25, -0.2) is 9.59 Å². The van der Waals surface area contributed by atoms with Gasteiger partial charge in [0, 0.05) is 19.7 Å². The van der Waals surface area contributed by atoms with Crippen LogP contribution >= 0.6 is 11.6 Å². The van der Waals surface area contributed by atoms with Crippen molar-refractivity contribution >= 4 is 29.4 Å². The Morgan fingerprint density at radius 1 is 0.978 bits per heavy atom. The van der Waals surface area contributed by atoms with Crippen LogP contribution in [0.25, 0.3) is 0 Å². The van der Waals surface area contributed by atoms with Gasteiger partial charge in [0.1, 0.15) is 55.2 Å². The first kappa shape index (κ1) is 35.9. The molecule has 2 aromatic rings. The lowest BCUT2D eigenvalue weighted by Gasteiger charge is -2.40. The molecule has 16 heteroatoms. The summed E-state index contributed by atoms with van der Waals surface area (Å²) < 4.78 is 37.1. The van der Waals surface area contributed by atoms with Crippen LogP contribution in [0.4, 0.5) is 0 Å². The lowest BCUT2D eigenvalue weighted by atomic mass is 9.99. The SMILES string of the molecule is COc1cc(OCc2cccc(CNC(=O)COCCOCC(=O)O)c2)c(Cl)cc1C(=O)O[C@H]1[C@@H](OC)O[C@H](CO)[C@@H](O)[C@@H]1O. The Balaban J connectivity index is 1.56. The van der Waals surface area contributed by atoms with Crippen molar-refractivity contribution in [2.75, 3.05) is 47.3 Å². The Hall–Kier alpha value is -3.54. The summed E-state index contributed by atoms with van der Waals surface area (Å²) in [6.45, 7) is -0.804. The number of nitrogens with one attached hydrogen (secondary N) is 1. The number of ether oxygens (including phenoxy) is 7. The highest BCUT2D eigenvalue weighted by Crippen LogP contribution is 2.35. The van der Waals surface area contributed by atoms with Gasteiger partial charge in [-0.05, 0) is 17.2 Å². The number of benzene rings is 2. The fourth-order valence-corrected chi connectivity index (χ4v) is 4.43. The summed E-state index contributed by atoms with van der Waals surface area (Å²) in [7, 11) is 2.58. The molecule has 1 heterocycles. The second-order valence-corrected chi connectivity index (χ2v) is 10.1. The molecule has 1 saturated heterocycles. The second kappa shape index (κ2) is 17.8. The molecular weight excluding hydrogens is 622 g/mol. The zero-order chi connectivity index (χ0) is 32.9. The summed E-state index contributed by atoms with van der Waals surface area (Å²) in [5.74, 6) is -2.14. The molecule has 5 N–H and O–H groups in total. The molecule has 0 aromatic heterocycles. The van der Waals surface area contributed by atoms with Crippen LogP contribution in [0.1, 0.15) is 21.5 Å². The first-order valence-electron chi connectivity index (χ1n) is 13.7. The van der Waals surface area contributed by atoms with Gasteiger partial charge in [0.15, 0.2) is 12.4 Å². The number of esters is 1. The average molecular weight is 658 g/mol. The molecule has 3 rings (SSSR count). The second-order valence-electron chi connectivity index (χ2n) is 9.68. The van der Waals surface area contributed by atoms with Crippen molar-refractivity contribution in [1.29, 1.82) is 0 Å². The van der Waals surface area contributed by atoms with Crippen molar-refractivity contribution in [2.45, 2.75) is 43.9 Å². The van der Waals surface area contributed by atoms with E-state index in [0.717, 1.165) is 11.1 Å². The van der Waals surface area contributed by atoms with E-state index >= 15 is 0 Å². The molecule has 0 saturated carbocycles. The van der Waals surface area contributed by atoms with Gasteiger partial charge in [-0.2, -0.15) is 0 Å². The average Bonchev–Trinajstić information content (AvgIpc) is 3.03. The first-order valence-corrected chi connectivity index (χ1v) is 14.0. The van der Waals surface area contributed by atoms with Crippen molar-refractivity contribution in [3.8, 4) is 11.5 Å². The number of hydrogen-bond donors (Lipinski definition) is 5. The van der Waals surface area contributed by atoms with E-state index in [-0.39, 0.29) is 61.0 Å². The molecule has 5 atom stereocenters. The number of aliphatic hydroxyl groups is 3. The smallest absolute Gasteiger partial charge is 0.342 e. The minimum Gasteiger partial charge on any atom is -0.496 e. The van der Waals surface area contributed by atoms with Crippen LogP contribution in [0, 0.1) is 0 Å². The lowest BCUT2D eigenvalue weighted by molar-refractivity contribution is -0.293. The topological polar surface area (TPSA) is 209 Å². The first-order chi connectivity index (χ1) is 21.6. The van der Waals surface area contributed by atoms with E-state index in [1.807, 2.05) is 18.2 Å². The van der Waals surface area contributed by atoms with Crippen LogP contribution in [0.15, 0.2) is 36.4 Å². The summed E-state index contributed by atoms with van der Waals surface area (Å²) in [5, 5.41) is 41.3. The van der Waals surface area contributed by atoms with Crippen LogP contribution in [-0.2, 0) is 46.4 Å². The van der Waals surface area contributed by atoms with E-state index in [9.17, 15) is 29.7 Å². The Labute approximate surface area is 263 Å². The minimum atomic E-state index is -1.61. The number of carbonyl (C=O) groups is 3. The highest BCUT2D eigenvalue weighted by Gasteiger charge is 2.47. The lowest BCUT2D eigenvalue weighted by Crippen LogP contribution is -2.60. The third-order valence-electron chi connectivity index (χ3n) is 6.48. The van der Waals surface area contributed by atoms with Gasteiger partial charge >= 0.3 is 11.9 Å². The van der Waals surface area contributed by atoms with Crippen molar-refractivity contribution < 1.29 is 68.0 Å². The molecule has 0 aliphatic carbocycles. The number of aliphatic hydroxyl groups excluding tert-OH is 3. The third kappa shape index (κ3) is 10.5. The number of hydrogen-bond acceptors (Lipinski definition) is 13. The minimum absolute atomic E-state index is 0.0522. The molecule has 248 valence electrons. The maximum absolute atomic E-state index is 13.1. The van der Waals surface area contributed by atoms with Crippen LogP contribution < -0.4 is 14.8 Å². The van der Waals surface area contributed by atoms with Gasteiger partial charge in [0.05, 0.1) is 32.0 Å². The third-order valence-corrected chi connectivity index (χ3v) is 6.78. The zero-order valence-electron chi connectivity index (χ0n) is 24.5. The fourth-order valence-electron chi connectivity index (χ4n) is 4.22. The maximum atomic E-state index is 13.1. The quantitative estimate of drug-likeness (QED) is 0.114. The van der Waals surface area contributed by atoms with Gasteiger partial charge in [0.2, 0.25) is 5.91 Å². The highest BCUT2D eigenvalue weighted by molar-refractivity contribution is 6.32. The molecule has 2 aromatic carbocycles. The predicted octanol–water partition coefficient (Wildman–Crippen LogP) is 0.272. The van der Waals surface area contributed by atoms with E-state index in [2.05, 4.69) is 5.32 Å². The molecule has 1 aliphatic rings. The van der Waals surface area contributed by atoms with Crippen LogP contribution in [0.5, 0.6) is 11.5 Å². The number of amides is 1. The largest absolute Gasteiger partial charge is 0.496 e. The van der Waals surface area contributed by atoms with Crippen molar-refractivity contribution in [3.05, 3.63) is 58.1 Å². The van der Waals surface area contributed by atoms with E-state index in [1.54, 1.807) is 6.07 Å². The van der Waals surface area contributed by atoms with Crippen LogP contribution in [0.2, 0.25) is 5.02 Å². The molecule has 45 heavy (non-hydrogen) atoms. The Kier molecular flexibility index (Phi) is 14.2. The molecule has 0 radical (unpaired) electrons. The number of methoxy groups -OCH3 is 2. The highest BCUT2D eigenvalue weighted by atomic mass is 35.5. The molecule has 1 amide bonds. The molecular formula is C29H36ClNO14. The Bertz CT molecular complexity index is 1290. The molecule has 15 nitrogen and oxygen atoms in total. The van der Waals surface area contributed by atoms with Gasteiger partial charge < -0.3 is 58.9 Å². The fraction of sp³-hybridized carbons (Fsp3) is 0.483. The van der Waals surface area contributed by atoms with E-state index in [1.165, 1.54) is 26.4 Å². The van der Waals surface area contributed by atoms with Gasteiger partial charge in [-0.15, -0.1) is 0 Å². The Morgan fingerprint density at radius 2 is 1.69 bits per heavy atom. The summed E-state index contributed by atoms with van der Waals surface area (Å²) in [4.78, 5) is 35.5. The van der Waals surface area contributed by atoms with Crippen LogP contribution in [-0.4, -0.2) is 116 Å². The number of rotatable bonds is 17. The zero-order valence-corrected chi connectivity index (χ0v) is 25.3. The normalized spacial score (nSPS) is 21.2. The van der Waals surface area contributed by atoms with Crippen molar-refractivity contribution in [3.63, 3.8) is 0 Å². The van der Waals surface area contributed by atoms with Crippen LogP contribution in [0.3, 0.4) is 0 Å². The summed E-state index contributed by atoms with van der Waals surface area (Å²) in [5.41, 5.74) is 1.45. The molecule has 0 bridgehead atoms. The number of carboxylic acids is 1. The van der Waals surface area contributed by atoms with Gasteiger partial charge in [-0.1, -0.05) is 35.9 Å². The van der Waals surface area contributed by atoms with E-state index in [0.29, 0.717) is 0 Å². The van der Waals surface area contributed by atoms with Gasteiger partial charge in [0.25, 0.3) is 0 Å². The Morgan fingerprint density at radius 3 is 2.36 bits per heavy atom. The molecule has 0 unspecified atom stereocenters. The monoisotopic (exact) mass is 657 g/mol. The number of carboxylic acid groups (broad SMARTS) is 1. The van der Waals surface area contributed by atoms with E-state index < -0.39 is 55.9 Å². The van der Waals surface area contributed by atoms with Gasteiger partial charge in [-0.3, -0.25) is 4.79 Å². The summed E-state index contributed by atoms with van der Waals surface area (Å²) in [6, 6.07) is 9.89. The van der Waals surface area contributed by atoms with Crippen molar-refractivity contribution in [2.24, 2.45) is 0 Å². The number of halogens is 1. The maximum Gasteiger partial charge on any atom is 0.342 e. The number of carbonyl (C=O) groups excluding carboxylic acids is 2. The molecule has 0 spiro atoms. The molecule has 1 aliphatic heterocycles. The summed E-state index contributed by atoms with van der Waals surface area (Å²) >= 11 is 6.41.